The average molecular weight is 364 g/mol. The topological polar surface area (TPSA) is 48.6 Å². The number of rotatable bonds is 1. The molecule has 1 aromatic heterocycles. The largest absolute Gasteiger partial charge is 1.00 e. The van der Waals surface area contributed by atoms with Crippen molar-refractivity contribution in [2.75, 3.05) is 6.54 Å². The van der Waals surface area contributed by atoms with Gasteiger partial charge in [0.2, 0.25) is 0 Å². The molecule has 1 aromatic rings. The van der Waals surface area contributed by atoms with Gasteiger partial charge in [0.1, 0.15) is 6.21 Å². The lowest BCUT2D eigenvalue weighted by molar-refractivity contribution is -0.444. The molecule has 2 heterocycles. The van der Waals surface area contributed by atoms with E-state index in [9.17, 15) is 0 Å². The van der Waals surface area contributed by atoms with Crippen LogP contribution in [-0.4, -0.2) is 22.8 Å². The van der Waals surface area contributed by atoms with Crippen molar-refractivity contribution >= 4 is 11.9 Å². The molecule has 94 valence electrons. The first kappa shape index (κ1) is 18.6. The van der Waals surface area contributed by atoms with Gasteiger partial charge in [0.05, 0.1) is 0 Å². The SMILES string of the molecule is CC=[N+]1CC=CC=C1c1cccc[nH+]1.O.[Br-].[Br-]. The zero-order valence-corrected chi connectivity index (χ0v) is 12.7. The van der Waals surface area contributed by atoms with Crippen LogP contribution in [0.3, 0.4) is 0 Å². The highest BCUT2D eigenvalue weighted by Gasteiger charge is 2.20. The molecule has 3 nitrogen and oxygen atoms in total. The Hall–Kier alpha value is -0.780. The third-order valence-electron chi connectivity index (χ3n) is 2.30. The van der Waals surface area contributed by atoms with Crippen LogP contribution in [-0.2, 0) is 0 Å². The second kappa shape index (κ2) is 9.27. The number of aromatic nitrogens is 1. The molecule has 0 bridgehead atoms. The number of hydrogen-bond donors (Lipinski definition) is 0. The molecule has 0 amide bonds. The monoisotopic (exact) mass is 362 g/mol. The number of hydrogen-bond acceptors (Lipinski definition) is 0. The molecular formula is C12H16Br2N2O. The molecule has 0 saturated heterocycles. The fourth-order valence-electron chi connectivity index (χ4n) is 1.57. The summed E-state index contributed by atoms with van der Waals surface area (Å²) in [5.74, 6) is 0. The molecule has 17 heavy (non-hydrogen) atoms. The van der Waals surface area contributed by atoms with Crippen molar-refractivity contribution in [1.29, 1.82) is 0 Å². The number of aromatic amines is 1. The van der Waals surface area contributed by atoms with E-state index in [1.54, 1.807) is 0 Å². The molecule has 0 saturated carbocycles. The molecule has 3 N–H and O–H groups in total. The molecular weight excluding hydrogens is 348 g/mol. The molecule has 0 spiro atoms. The zero-order chi connectivity index (χ0) is 9.80. The number of nitrogens with one attached hydrogen (secondary N) is 1. The summed E-state index contributed by atoms with van der Waals surface area (Å²) in [5.41, 5.74) is 2.37. The van der Waals surface area contributed by atoms with E-state index in [1.165, 1.54) is 5.70 Å². The highest BCUT2D eigenvalue weighted by molar-refractivity contribution is 5.61. The maximum atomic E-state index is 3.24. The molecule has 0 aromatic carbocycles. The predicted molar refractivity (Wildman–Crippen MR) is 60.6 cm³/mol. The van der Waals surface area contributed by atoms with Crippen LogP contribution in [0.5, 0.6) is 0 Å². The quantitative estimate of drug-likeness (QED) is 0.448. The summed E-state index contributed by atoms with van der Waals surface area (Å²) in [6.45, 7) is 3.00. The average Bonchev–Trinajstić information content (AvgIpc) is 2.30. The molecule has 5 heteroatoms. The lowest BCUT2D eigenvalue weighted by atomic mass is 10.2. The van der Waals surface area contributed by atoms with Crippen molar-refractivity contribution in [3.63, 3.8) is 0 Å². The summed E-state index contributed by atoms with van der Waals surface area (Å²) in [5, 5.41) is 0. The van der Waals surface area contributed by atoms with Gasteiger partial charge in [-0.25, -0.2) is 4.98 Å². The Labute approximate surface area is 122 Å². The standard InChI is InChI=1S/C12H13N2.2BrH.H2O/c1-2-14-10-6-4-8-12(14)11-7-3-5-9-13-11;;;/h2-9H,10H2,1H3;2*1H;1H2/q+1;;;/p-1. The minimum absolute atomic E-state index is 0. The molecule has 2 rings (SSSR count). The molecule has 0 atom stereocenters. The Kier molecular flexibility index (Phi) is 10.1. The second-order valence-electron chi connectivity index (χ2n) is 3.17. The third kappa shape index (κ3) is 4.53. The summed E-state index contributed by atoms with van der Waals surface area (Å²) in [4.78, 5) is 3.24. The van der Waals surface area contributed by atoms with Gasteiger partial charge in [-0.3, -0.25) is 0 Å². The predicted octanol–water partition coefficient (Wildman–Crippen LogP) is -5.30. The van der Waals surface area contributed by atoms with Gasteiger partial charge in [0.15, 0.2) is 12.7 Å². The van der Waals surface area contributed by atoms with Gasteiger partial charge in [-0.15, -0.1) is 0 Å². The van der Waals surface area contributed by atoms with Crippen LogP contribution in [0.1, 0.15) is 12.6 Å². The van der Waals surface area contributed by atoms with Gasteiger partial charge in [-0.2, -0.15) is 4.58 Å². The number of H-pyrrole nitrogens is 1. The lowest BCUT2D eigenvalue weighted by Gasteiger charge is -2.03. The van der Waals surface area contributed by atoms with Crippen molar-refractivity contribution in [3.8, 4) is 0 Å². The Morgan fingerprint density at radius 3 is 2.65 bits per heavy atom. The summed E-state index contributed by atoms with van der Waals surface area (Å²) < 4.78 is 2.21. The summed E-state index contributed by atoms with van der Waals surface area (Å²) in [6, 6.07) is 6.11. The number of pyridine rings is 1. The van der Waals surface area contributed by atoms with E-state index in [2.05, 4.69) is 47.0 Å². The van der Waals surface area contributed by atoms with E-state index >= 15 is 0 Å². The van der Waals surface area contributed by atoms with Crippen molar-refractivity contribution < 1.29 is 49.0 Å². The van der Waals surface area contributed by atoms with Crippen LogP contribution in [0, 0.1) is 0 Å². The van der Waals surface area contributed by atoms with Crippen LogP contribution in [0.15, 0.2) is 42.6 Å². The first-order valence-electron chi connectivity index (χ1n) is 4.82. The van der Waals surface area contributed by atoms with Gasteiger partial charge < -0.3 is 39.4 Å². The smallest absolute Gasteiger partial charge is 0.277 e. The highest BCUT2D eigenvalue weighted by atomic mass is 79.9. The molecule has 0 radical (unpaired) electrons. The van der Waals surface area contributed by atoms with Crippen LogP contribution in [0.2, 0.25) is 0 Å². The van der Waals surface area contributed by atoms with Gasteiger partial charge in [0, 0.05) is 25.1 Å². The zero-order valence-electron chi connectivity index (χ0n) is 9.53. The van der Waals surface area contributed by atoms with Gasteiger partial charge >= 0.3 is 0 Å². The fourth-order valence-corrected chi connectivity index (χ4v) is 1.57. The first-order chi connectivity index (χ1) is 6.92. The third-order valence-corrected chi connectivity index (χ3v) is 2.30. The normalized spacial score (nSPS) is 15.1. The summed E-state index contributed by atoms with van der Waals surface area (Å²) in [6.07, 6.45) is 10.4. The van der Waals surface area contributed by atoms with Crippen molar-refractivity contribution in [2.24, 2.45) is 0 Å². The van der Waals surface area contributed by atoms with Gasteiger partial charge in [0.25, 0.3) is 11.4 Å². The van der Waals surface area contributed by atoms with Crippen molar-refractivity contribution in [2.45, 2.75) is 6.92 Å². The molecule has 0 fully saturated rings. The number of nitrogens with zero attached hydrogens (tertiary/aromatic N) is 1. The van der Waals surface area contributed by atoms with Crippen LogP contribution >= 0.6 is 0 Å². The maximum absolute atomic E-state index is 3.24. The van der Waals surface area contributed by atoms with E-state index in [4.69, 9.17) is 0 Å². The molecule has 1 aliphatic heterocycles. The van der Waals surface area contributed by atoms with E-state index in [1.807, 2.05) is 18.3 Å². The lowest BCUT2D eigenvalue weighted by Crippen LogP contribution is -3.00. The summed E-state index contributed by atoms with van der Waals surface area (Å²) in [7, 11) is 0. The first-order valence-corrected chi connectivity index (χ1v) is 4.82. The van der Waals surface area contributed by atoms with E-state index in [-0.39, 0.29) is 39.4 Å². The van der Waals surface area contributed by atoms with Crippen LogP contribution in [0.4, 0.5) is 0 Å². The number of halogens is 2. The van der Waals surface area contributed by atoms with E-state index in [0.29, 0.717) is 0 Å². The Bertz CT molecular complexity index is 414. The maximum Gasteiger partial charge on any atom is 0.277 e. The van der Waals surface area contributed by atoms with E-state index in [0.717, 1.165) is 12.2 Å². The second-order valence-corrected chi connectivity index (χ2v) is 3.17. The molecule has 0 unspecified atom stereocenters. The van der Waals surface area contributed by atoms with Crippen LogP contribution < -0.4 is 38.9 Å². The van der Waals surface area contributed by atoms with Gasteiger partial charge in [-0.05, 0) is 12.1 Å². The minimum atomic E-state index is 0. The fraction of sp³-hybridized carbons (Fsp3) is 0.167. The Balaban J connectivity index is 0. The summed E-state index contributed by atoms with van der Waals surface area (Å²) >= 11 is 0. The highest BCUT2D eigenvalue weighted by Crippen LogP contribution is 2.13. The Morgan fingerprint density at radius 1 is 1.29 bits per heavy atom. The van der Waals surface area contributed by atoms with Crippen LogP contribution in [0.25, 0.3) is 5.70 Å². The van der Waals surface area contributed by atoms with Crippen molar-refractivity contribution in [3.05, 3.63) is 48.3 Å². The van der Waals surface area contributed by atoms with Crippen molar-refractivity contribution in [1.82, 2.24) is 0 Å². The number of allylic oxidation sites excluding steroid dienone is 2. The van der Waals surface area contributed by atoms with Gasteiger partial charge in [-0.1, -0.05) is 6.08 Å². The molecule has 1 aliphatic rings. The minimum Gasteiger partial charge on any atom is -1.00 e. The van der Waals surface area contributed by atoms with E-state index < -0.39 is 0 Å². The molecule has 0 aliphatic carbocycles. The Morgan fingerprint density at radius 2 is 2.06 bits per heavy atom.